The van der Waals surface area contributed by atoms with Gasteiger partial charge in [0.25, 0.3) is 0 Å². The zero-order valence-corrected chi connectivity index (χ0v) is 14.9. The van der Waals surface area contributed by atoms with Gasteiger partial charge in [-0.2, -0.15) is 0 Å². The smallest absolute Gasteiger partial charge is 0.313 e. The highest BCUT2D eigenvalue weighted by Gasteiger charge is 2.58. The predicted octanol–water partition coefficient (Wildman–Crippen LogP) is 2.01. The summed E-state index contributed by atoms with van der Waals surface area (Å²) in [6.45, 7) is 2.94. The van der Waals surface area contributed by atoms with Crippen LogP contribution in [0.3, 0.4) is 0 Å². The van der Waals surface area contributed by atoms with Crippen LogP contribution in [0.4, 0.5) is 4.39 Å². The fourth-order valence-electron chi connectivity index (χ4n) is 4.76. The van der Waals surface area contributed by atoms with E-state index in [0.29, 0.717) is 24.6 Å². The van der Waals surface area contributed by atoms with E-state index in [1.807, 2.05) is 0 Å². The van der Waals surface area contributed by atoms with Gasteiger partial charge in [0.15, 0.2) is 0 Å². The monoisotopic (exact) mass is 360 g/mol. The Morgan fingerprint density at radius 3 is 2.58 bits per heavy atom. The molecule has 6 heteroatoms. The van der Waals surface area contributed by atoms with Gasteiger partial charge in [0.1, 0.15) is 11.2 Å². The number of likely N-dealkylation sites (tertiary alicyclic amines) is 2. The lowest BCUT2D eigenvalue weighted by Crippen LogP contribution is -2.43. The molecule has 1 amide bonds. The van der Waals surface area contributed by atoms with Crippen LogP contribution < -0.4 is 0 Å². The Balaban J connectivity index is 1.43. The van der Waals surface area contributed by atoms with Crippen LogP contribution in [0, 0.1) is 23.1 Å². The number of amides is 1. The Hall–Kier alpha value is -1.95. The molecule has 1 aromatic carbocycles. The van der Waals surface area contributed by atoms with Crippen molar-refractivity contribution in [3.8, 4) is 0 Å². The van der Waals surface area contributed by atoms with E-state index in [-0.39, 0.29) is 30.6 Å². The van der Waals surface area contributed by atoms with Crippen LogP contribution in [0.1, 0.15) is 24.8 Å². The number of carbonyl (C=O) groups excluding carboxylic acids is 1. The van der Waals surface area contributed by atoms with Crippen LogP contribution >= 0.6 is 0 Å². The van der Waals surface area contributed by atoms with E-state index in [0.717, 1.165) is 13.1 Å². The van der Waals surface area contributed by atoms with Crippen LogP contribution in [0.25, 0.3) is 0 Å². The maximum atomic E-state index is 13.8. The molecular weight excluding hydrogens is 335 g/mol. The topological polar surface area (TPSA) is 60.9 Å². The Morgan fingerprint density at radius 2 is 1.96 bits per heavy atom. The number of carboxylic acid groups (broad SMARTS) is 1. The fraction of sp³-hybridized carbons (Fsp3) is 0.600. The lowest BCUT2D eigenvalue weighted by molar-refractivity contribution is -0.149. The van der Waals surface area contributed by atoms with Gasteiger partial charge in [0, 0.05) is 38.6 Å². The third kappa shape index (κ3) is 3.00. The average molecular weight is 360 g/mol. The number of fused-ring (bicyclic) bond motifs is 1. The zero-order valence-electron chi connectivity index (χ0n) is 14.9. The number of hydrogen-bond acceptors (Lipinski definition) is 3. The summed E-state index contributed by atoms with van der Waals surface area (Å²) in [5, 5.41) is 9.91. The Bertz CT molecular complexity index is 721. The minimum Gasteiger partial charge on any atom is -0.481 e. The molecule has 2 aliphatic heterocycles. The SMILES string of the molecule is O=C(Cc1ccccc1F)N1C[C@H]2CN(CC3CCC3)C[C@@]2(C(=O)O)C1. The van der Waals surface area contributed by atoms with Gasteiger partial charge >= 0.3 is 5.97 Å². The second-order valence-corrected chi connectivity index (χ2v) is 8.19. The first kappa shape index (κ1) is 17.5. The van der Waals surface area contributed by atoms with E-state index in [1.165, 1.54) is 25.3 Å². The van der Waals surface area contributed by atoms with Gasteiger partial charge in [-0.1, -0.05) is 24.6 Å². The van der Waals surface area contributed by atoms with Crippen LogP contribution in [-0.4, -0.2) is 59.5 Å². The molecule has 26 heavy (non-hydrogen) atoms. The van der Waals surface area contributed by atoms with Crippen molar-refractivity contribution >= 4 is 11.9 Å². The first-order chi connectivity index (χ1) is 12.5. The predicted molar refractivity (Wildman–Crippen MR) is 94.0 cm³/mol. The van der Waals surface area contributed by atoms with Crippen molar-refractivity contribution in [3.63, 3.8) is 0 Å². The molecule has 140 valence electrons. The molecule has 1 aliphatic carbocycles. The second-order valence-electron chi connectivity index (χ2n) is 8.19. The minimum absolute atomic E-state index is 0.0130. The highest BCUT2D eigenvalue weighted by atomic mass is 19.1. The van der Waals surface area contributed by atoms with Gasteiger partial charge < -0.3 is 14.9 Å². The number of rotatable bonds is 5. The number of aliphatic carboxylic acids is 1. The van der Waals surface area contributed by atoms with Crippen molar-refractivity contribution in [2.75, 3.05) is 32.7 Å². The maximum Gasteiger partial charge on any atom is 0.313 e. The highest BCUT2D eigenvalue weighted by Crippen LogP contribution is 2.44. The summed E-state index contributed by atoms with van der Waals surface area (Å²) < 4.78 is 13.8. The summed E-state index contributed by atoms with van der Waals surface area (Å²) in [7, 11) is 0. The number of nitrogens with zero attached hydrogens (tertiary/aromatic N) is 2. The third-order valence-electron chi connectivity index (χ3n) is 6.50. The summed E-state index contributed by atoms with van der Waals surface area (Å²) in [6.07, 6.45) is 3.76. The first-order valence-electron chi connectivity index (χ1n) is 9.45. The Labute approximate surface area is 152 Å². The quantitative estimate of drug-likeness (QED) is 0.873. The molecule has 0 aromatic heterocycles. The number of carbonyl (C=O) groups is 2. The summed E-state index contributed by atoms with van der Waals surface area (Å²) >= 11 is 0. The summed E-state index contributed by atoms with van der Waals surface area (Å²) in [4.78, 5) is 28.6. The van der Waals surface area contributed by atoms with Crippen LogP contribution in [0.2, 0.25) is 0 Å². The zero-order chi connectivity index (χ0) is 18.3. The molecule has 1 N–H and O–H groups in total. The number of halogens is 1. The molecule has 4 rings (SSSR count). The normalized spacial score (nSPS) is 28.8. The summed E-state index contributed by atoms with van der Waals surface area (Å²) in [5.74, 6) is -0.710. The fourth-order valence-corrected chi connectivity index (χ4v) is 4.76. The van der Waals surface area contributed by atoms with Crippen molar-refractivity contribution in [1.29, 1.82) is 0 Å². The summed E-state index contributed by atoms with van der Waals surface area (Å²) in [6, 6.07) is 6.26. The molecule has 1 aromatic rings. The van der Waals surface area contributed by atoms with E-state index in [2.05, 4.69) is 4.90 Å². The van der Waals surface area contributed by atoms with Crippen molar-refractivity contribution < 1.29 is 19.1 Å². The van der Waals surface area contributed by atoms with E-state index < -0.39 is 11.4 Å². The lowest BCUT2D eigenvalue weighted by atomic mass is 9.81. The van der Waals surface area contributed by atoms with Gasteiger partial charge in [-0.15, -0.1) is 0 Å². The highest BCUT2D eigenvalue weighted by molar-refractivity contribution is 5.83. The third-order valence-corrected chi connectivity index (χ3v) is 6.50. The molecular formula is C20H25FN2O3. The van der Waals surface area contributed by atoms with Crippen molar-refractivity contribution in [3.05, 3.63) is 35.6 Å². The molecule has 2 saturated heterocycles. The Kier molecular flexibility index (Phi) is 4.47. The molecule has 0 spiro atoms. The van der Waals surface area contributed by atoms with Crippen LogP contribution in [-0.2, 0) is 16.0 Å². The molecule has 0 bridgehead atoms. The van der Waals surface area contributed by atoms with Gasteiger partial charge in [-0.05, 0) is 30.4 Å². The maximum absolute atomic E-state index is 13.8. The van der Waals surface area contributed by atoms with E-state index in [1.54, 1.807) is 23.1 Å². The molecule has 5 nitrogen and oxygen atoms in total. The van der Waals surface area contributed by atoms with E-state index in [4.69, 9.17) is 0 Å². The molecule has 2 atom stereocenters. The standard InChI is InChI=1S/C20H25FN2O3/c21-17-7-2-1-6-15(17)8-18(24)23-11-16-10-22(9-14-4-3-5-14)12-20(16,13-23)19(25)26/h1-2,6-7,14,16H,3-5,8-13H2,(H,25,26)/t16-,20-/m1/s1. The Morgan fingerprint density at radius 1 is 1.19 bits per heavy atom. The number of carboxylic acids is 1. The number of benzene rings is 1. The van der Waals surface area contributed by atoms with Gasteiger partial charge in [0.05, 0.1) is 6.42 Å². The van der Waals surface area contributed by atoms with Crippen LogP contribution in [0.5, 0.6) is 0 Å². The number of hydrogen-bond donors (Lipinski definition) is 1. The van der Waals surface area contributed by atoms with Crippen LogP contribution in [0.15, 0.2) is 24.3 Å². The molecule has 1 saturated carbocycles. The van der Waals surface area contributed by atoms with Gasteiger partial charge in [-0.3, -0.25) is 9.59 Å². The van der Waals surface area contributed by atoms with E-state index >= 15 is 0 Å². The van der Waals surface area contributed by atoms with Crippen molar-refractivity contribution in [2.24, 2.45) is 17.3 Å². The lowest BCUT2D eigenvalue weighted by Gasteiger charge is -2.31. The van der Waals surface area contributed by atoms with E-state index in [9.17, 15) is 19.1 Å². The molecule has 2 heterocycles. The summed E-state index contributed by atoms with van der Waals surface area (Å²) in [5.41, 5.74) is -0.500. The minimum atomic E-state index is -0.866. The van der Waals surface area contributed by atoms with Gasteiger partial charge in [0.2, 0.25) is 5.91 Å². The average Bonchev–Trinajstić information content (AvgIpc) is 3.08. The molecule has 0 radical (unpaired) electrons. The molecule has 3 fully saturated rings. The van der Waals surface area contributed by atoms with Crippen molar-refractivity contribution in [2.45, 2.75) is 25.7 Å². The largest absolute Gasteiger partial charge is 0.481 e. The van der Waals surface area contributed by atoms with Crippen molar-refractivity contribution in [1.82, 2.24) is 9.80 Å². The molecule has 0 unspecified atom stereocenters. The molecule has 3 aliphatic rings. The first-order valence-corrected chi connectivity index (χ1v) is 9.45. The van der Waals surface area contributed by atoms with Gasteiger partial charge in [-0.25, -0.2) is 4.39 Å². The second kappa shape index (κ2) is 6.65.